The predicted octanol–water partition coefficient (Wildman–Crippen LogP) is 5.23. The molecular formula is C25H19N3O3S. The van der Waals surface area contributed by atoms with Crippen molar-refractivity contribution in [3.8, 4) is 16.9 Å². The monoisotopic (exact) mass is 441 g/mol. The highest BCUT2D eigenvalue weighted by Crippen LogP contribution is 2.35. The smallest absolute Gasteiger partial charge is 0.335 e. The molecule has 0 saturated heterocycles. The van der Waals surface area contributed by atoms with Crippen LogP contribution in [0.3, 0.4) is 0 Å². The van der Waals surface area contributed by atoms with E-state index >= 15 is 0 Å². The van der Waals surface area contributed by atoms with E-state index in [9.17, 15) is 9.90 Å². The van der Waals surface area contributed by atoms with Gasteiger partial charge in [0.25, 0.3) is 0 Å². The van der Waals surface area contributed by atoms with Crippen molar-refractivity contribution in [2.24, 2.45) is 5.10 Å². The number of anilines is 1. The number of fused-ring (bicyclic) bond motifs is 1. The fraction of sp³-hybridized carbons (Fsp3) is 0. The van der Waals surface area contributed by atoms with Crippen LogP contribution in [0.4, 0.5) is 5.69 Å². The lowest BCUT2D eigenvalue weighted by Crippen LogP contribution is -2.23. The van der Waals surface area contributed by atoms with Crippen LogP contribution < -0.4 is 10.7 Å². The van der Waals surface area contributed by atoms with Crippen molar-refractivity contribution in [2.45, 2.75) is 0 Å². The molecule has 0 bridgehead atoms. The van der Waals surface area contributed by atoms with Crippen LogP contribution in [-0.2, 0) is 0 Å². The first-order valence-electron chi connectivity index (χ1n) is 9.76. The number of carboxylic acids is 1. The van der Waals surface area contributed by atoms with Crippen molar-refractivity contribution in [3.05, 3.63) is 96.1 Å². The minimum atomic E-state index is -0.993. The lowest BCUT2D eigenvalue weighted by molar-refractivity contribution is 0.0697. The lowest BCUT2D eigenvalue weighted by atomic mass is 9.96. The topological polar surface area (TPSA) is 94.0 Å². The van der Waals surface area contributed by atoms with Gasteiger partial charge in [0.2, 0.25) is 0 Å². The summed E-state index contributed by atoms with van der Waals surface area (Å²) in [5, 5.41) is 29.2. The van der Waals surface area contributed by atoms with Gasteiger partial charge in [-0.05, 0) is 58.9 Å². The number of rotatable bonds is 5. The lowest BCUT2D eigenvalue weighted by Gasteiger charge is -2.11. The summed E-state index contributed by atoms with van der Waals surface area (Å²) in [6, 6.07) is 25.7. The molecule has 4 aromatic carbocycles. The number of thiocarbonyl (C=S) groups is 1. The van der Waals surface area contributed by atoms with Crippen molar-refractivity contribution in [2.75, 3.05) is 5.32 Å². The van der Waals surface area contributed by atoms with Gasteiger partial charge in [0.05, 0.1) is 11.8 Å². The molecule has 0 spiro atoms. The van der Waals surface area contributed by atoms with Crippen LogP contribution in [0.1, 0.15) is 15.9 Å². The van der Waals surface area contributed by atoms with Gasteiger partial charge in [0.1, 0.15) is 5.75 Å². The number of hydrogen-bond donors (Lipinski definition) is 4. The Bertz CT molecular complexity index is 1330. The van der Waals surface area contributed by atoms with Crippen LogP contribution in [0.5, 0.6) is 5.75 Å². The van der Waals surface area contributed by atoms with Gasteiger partial charge in [0, 0.05) is 16.8 Å². The van der Waals surface area contributed by atoms with Gasteiger partial charge >= 0.3 is 5.97 Å². The number of hydrogen-bond acceptors (Lipinski definition) is 4. The molecule has 0 fully saturated rings. The van der Waals surface area contributed by atoms with E-state index in [1.165, 1.54) is 18.3 Å². The molecular weight excluding hydrogens is 422 g/mol. The molecule has 0 aliphatic heterocycles. The Balaban J connectivity index is 1.49. The van der Waals surface area contributed by atoms with E-state index in [0.717, 1.165) is 16.3 Å². The highest BCUT2D eigenvalue weighted by Gasteiger charge is 2.10. The van der Waals surface area contributed by atoms with Gasteiger partial charge in [-0.2, -0.15) is 5.10 Å². The van der Waals surface area contributed by atoms with Crippen molar-refractivity contribution >= 4 is 46.0 Å². The molecule has 158 valence electrons. The summed E-state index contributed by atoms with van der Waals surface area (Å²) < 4.78 is 0. The summed E-state index contributed by atoms with van der Waals surface area (Å²) >= 11 is 5.21. The number of carbonyl (C=O) groups is 1. The van der Waals surface area contributed by atoms with Gasteiger partial charge in [-0.15, -0.1) is 0 Å². The Labute approximate surface area is 189 Å². The van der Waals surface area contributed by atoms with Crippen LogP contribution in [0.15, 0.2) is 90.0 Å². The summed E-state index contributed by atoms with van der Waals surface area (Å²) in [6.45, 7) is 0. The fourth-order valence-electron chi connectivity index (χ4n) is 3.36. The average molecular weight is 442 g/mol. The average Bonchev–Trinajstić information content (AvgIpc) is 2.80. The van der Waals surface area contributed by atoms with Crippen LogP contribution in [0, 0.1) is 0 Å². The highest BCUT2D eigenvalue weighted by atomic mass is 32.1. The number of hydrazone groups is 1. The molecule has 7 heteroatoms. The Morgan fingerprint density at radius 3 is 2.34 bits per heavy atom. The maximum atomic E-state index is 10.9. The van der Waals surface area contributed by atoms with Crippen molar-refractivity contribution < 1.29 is 15.0 Å². The summed E-state index contributed by atoms with van der Waals surface area (Å²) in [5.74, 6) is -0.870. The maximum absolute atomic E-state index is 10.9. The number of para-hydroxylation sites is 1. The van der Waals surface area contributed by atoms with E-state index in [1.807, 2.05) is 54.6 Å². The first-order valence-corrected chi connectivity index (χ1v) is 10.2. The molecule has 0 aromatic heterocycles. The molecule has 4 rings (SSSR count). The molecule has 32 heavy (non-hydrogen) atoms. The molecule has 0 saturated carbocycles. The van der Waals surface area contributed by atoms with E-state index in [1.54, 1.807) is 18.2 Å². The maximum Gasteiger partial charge on any atom is 0.335 e. The molecule has 0 radical (unpaired) electrons. The minimum absolute atomic E-state index is 0.123. The second-order valence-electron chi connectivity index (χ2n) is 6.98. The molecule has 0 aliphatic rings. The quantitative estimate of drug-likeness (QED) is 0.192. The second-order valence-corrected chi connectivity index (χ2v) is 7.38. The van der Waals surface area contributed by atoms with Crippen molar-refractivity contribution in [3.63, 3.8) is 0 Å². The number of phenolic OH excluding ortho intramolecular Hbond substituents is 1. The summed E-state index contributed by atoms with van der Waals surface area (Å²) in [7, 11) is 0. The molecule has 0 amide bonds. The number of nitrogens with one attached hydrogen (secondary N) is 2. The van der Waals surface area contributed by atoms with E-state index in [4.69, 9.17) is 17.3 Å². The van der Waals surface area contributed by atoms with E-state index < -0.39 is 5.97 Å². The highest BCUT2D eigenvalue weighted by molar-refractivity contribution is 7.80. The fourth-order valence-corrected chi connectivity index (χ4v) is 3.53. The van der Waals surface area contributed by atoms with Gasteiger partial charge in [-0.3, -0.25) is 5.43 Å². The summed E-state index contributed by atoms with van der Waals surface area (Å²) in [5.41, 5.74) is 5.70. The van der Waals surface area contributed by atoms with Gasteiger partial charge in [0.15, 0.2) is 5.11 Å². The minimum Gasteiger partial charge on any atom is -0.507 e. The zero-order valence-electron chi connectivity index (χ0n) is 16.8. The molecule has 6 nitrogen and oxygen atoms in total. The molecule has 4 N–H and O–H groups in total. The zero-order chi connectivity index (χ0) is 22.5. The summed E-state index contributed by atoms with van der Waals surface area (Å²) in [6.07, 6.45) is 1.49. The third kappa shape index (κ3) is 4.58. The normalized spacial score (nSPS) is 10.9. The van der Waals surface area contributed by atoms with Gasteiger partial charge in [-0.25, -0.2) is 4.79 Å². The Kier molecular flexibility index (Phi) is 6.10. The van der Waals surface area contributed by atoms with Crippen LogP contribution >= 0.6 is 12.2 Å². The van der Waals surface area contributed by atoms with Crippen LogP contribution in [0.2, 0.25) is 0 Å². The van der Waals surface area contributed by atoms with Crippen LogP contribution in [-0.4, -0.2) is 27.5 Å². The first kappa shape index (κ1) is 21.0. The first-order chi connectivity index (χ1) is 15.5. The van der Waals surface area contributed by atoms with E-state index in [-0.39, 0.29) is 16.4 Å². The molecule has 0 heterocycles. The zero-order valence-corrected chi connectivity index (χ0v) is 17.6. The molecule has 4 aromatic rings. The number of phenols is 1. The number of benzene rings is 4. The molecule has 0 atom stereocenters. The largest absolute Gasteiger partial charge is 0.507 e. The van der Waals surface area contributed by atoms with E-state index in [0.29, 0.717) is 16.8 Å². The van der Waals surface area contributed by atoms with Gasteiger partial charge in [-0.1, -0.05) is 54.6 Å². The Morgan fingerprint density at radius 2 is 1.56 bits per heavy atom. The Hall–Kier alpha value is -4.23. The number of aromatic hydroxyl groups is 1. The van der Waals surface area contributed by atoms with Crippen molar-refractivity contribution in [1.82, 2.24) is 5.43 Å². The number of nitrogens with zero attached hydrogens (tertiary/aromatic N) is 1. The summed E-state index contributed by atoms with van der Waals surface area (Å²) in [4.78, 5) is 10.9. The van der Waals surface area contributed by atoms with Crippen molar-refractivity contribution in [1.29, 1.82) is 0 Å². The second kappa shape index (κ2) is 9.28. The molecule has 0 aliphatic carbocycles. The molecule has 0 unspecified atom stereocenters. The third-order valence-electron chi connectivity index (χ3n) is 4.91. The SMILES string of the molecule is O=C(O)c1ccc(NC(=S)NN=Cc2cccc(-c3cccc4ccccc34)c2O)cc1. The Morgan fingerprint density at radius 1 is 0.875 bits per heavy atom. The van der Waals surface area contributed by atoms with Crippen LogP contribution in [0.25, 0.3) is 21.9 Å². The third-order valence-corrected chi connectivity index (χ3v) is 5.10. The number of aromatic carboxylic acids is 1. The number of carboxylic acid groups (broad SMARTS) is 1. The van der Waals surface area contributed by atoms with Gasteiger partial charge < -0.3 is 15.5 Å². The predicted molar refractivity (Wildman–Crippen MR) is 131 cm³/mol. The van der Waals surface area contributed by atoms with E-state index in [2.05, 4.69) is 15.8 Å². The standard InChI is InChI=1S/C25H19N3O3S/c29-23-18(15-26-28-25(32)27-19-13-11-17(12-14-19)24(30)31)7-4-10-22(23)21-9-3-6-16-5-1-2-8-20(16)21/h1-15,29H,(H,30,31)(H2,27,28,32).